The predicted octanol–water partition coefficient (Wildman–Crippen LogP) is 5.26. The van der Waals surface area contributed by atoms with Crippen molar-refractivity contribution in [3.63, 3.8) is 0 Å². The normalized spacial score (nSPS) is 10.8. The Morgan fingerprint density at radius 2 is 1.88 bits per heavy atom. The standard InChI is InChI=1S/C18H20BrNO3S/c1-5-23-18(22)15-14(12-6-8-13(19)9-7-12)11(4)24-17(15)20-16(21)10(2)3/h6-10H,5H2,1-4H3,(H,20,21). The maximum absolute atomic E-state index is 12.5. The van der Waals surface area contributed by atoms with Gasteiger partial charge in [-0.1, -0.05) is 41.9 Å². The Hall–Kier alpha value is -1.66. The average molecular weight is 410 g/mol. The number of carbonyl (C=O) groups is 2. The fraction of sp³-hybridized carbons (Fsp3) is 0.333. The van der Waals surface area contributed by atoms with E-state index in [9.17, 15) is 9.59 Å². The number of ether oxygens (including phenoxy) is 1. The largest absolute Gasteiger partial charge is 0.462 e. The van der Waals surface area contributed by atoms with Gasteiger partial charge in [0, 0.05) is 20.8 Å². The molecule has 0 radical (unpaired) electrons. The van der Waals surface area contributed by atoms with Crippen LogP contribution in [0.4, 0.5) is 5.00 Å². The van der Waals surface area contributed by atoms with Gasteiger partial charge in [-0.2, -0.15) is 0 Å². The molecule has 1 heterocycles. The van der Waals surface area contributed by atoms with E-state index < -0.39 is 5.97 Å². The molecule has 0 aliphatic carbocycles. The second-order valence-corrected chi connectivity index (χ2v) is 7.75. The molecule has 24 heavy (non-hydrogen) atoms. The summed E-state index contributed by atoms with van der Waals surface area (Å²) in [6.07, 6.45) is 0. The lowest BCUT2D eigenvalue weighted by Gasteiger charge is -2.10. The number of thiophene rings is 1. The van der Waals surface area contributed by atoms with Crippen LogP contribution in [0.3, 0.4) is 0 Å². The highest BCUT2D eigenvalue weighted by molar-refractivity contribution is 9.10. The minimum absolute atomic E-state index is 0.121. The maximum atomic E-state index is 12.5. The Morgan fingerprint density at radius 3 is 2.42 bits per heavy atom. The van der Waals surface area contributed by atoms with Gasteiger partial charge in [0.2, 0.25) is 5.91 Å². The summed E-state index contributed by atoms with van der Waals surface area (Å²) in [4.78, 5) is 25.6. The van der Waals surface area contributed by atoms with Gasteiger partial charge in [-0.05, 0) is 31.5 Å². The van der Waals surface area contributed by atoms with Crippen molar-refractivity contribution >= 4 is 44.1 Å². The summed E-state index contributed by atoms with van der Waals surface area (Å²) in [5.41, 5.74) is 2.15. The molecule has 6 heteroatoms. The molecule has 0 fully saturated rings. The van der Waals surface area contributed by atoms with E-state index in [1.54, 1.807) is 6.92 Å². The predicted molar refractivity (Wildman–Crippen MR) is 102 cm³/mol. The van der Waals surface area contributed by atoms with E-state index in [1.807, 2.05) is 45.0 Å². The lowest BCUT2D eigenvalue weighted by molar-refractivity contribution is -0.118. The van der Waals surface area contributed by atoms with Crippen molar-refractivity contribution in [2.75, 3.05) is 11.9 Å². The minimum atomic E-state index is -0.418. The average Bonchev–Trinajstić information content (AvgIpc) is 2.84. The molecule has 2 aromatic rings. The second-order valence-electron chi connectivity index (χ2n) is 5.61. The van der Waals surface area contributed by atoms with Crippen LogP contribution in [-0.4, -0.2) is 18.5 Å². The maximum Gasteiger partial charge on any atom is 0.341 e. The Morgan fingerprint density at radius 1 is 1.25 bits per heavy atom. The molecule has 2 rings (SSSR count). The monoisotopic (exact) mass is 409 g/mol. The van der Waals surface area contributed by atoms with Gasteiger partial charge in [-0.15, -0.1) is 11.3 Å². The number of aryl methyl sites for hydroxylation is 1. The summed E-state index contributed by atoms with van der Waals surface area (Å²) < 4.78 is 6.18. The number of esters is 1. The highest BCUT2D eigenvalue weighted by Gasteiger charge is 2.25. The van der Waals surface area contributed by atoms with Crippen LogP contribution in [0.25, 0.3) is 11.1 Å². The van der Waals surface area contributed by atoms with Crippen molar-refractivity contribution in [3.8, 4) is 11.1 Å². The van der Waals surface area contributed by atoms with Crippen molar-refractivity contribution < 1.29 is 14.3 Å². The van der Waals surface area contributed by atoms with Crippen LogP contribution in [-0.2, 0) is 9.53 Å². The highest BCUT2D eigenvalue weighted by Crippen LogP contribution is 2.40. The molecule has 1 aromatic heterocycles. The van der Waals surface area contributed by atoms with Crippen molar-refractivity contribution in [1.29, 1.82) is 0 Å². The SMILES string of the molecule is CCOC(=O)c1c(NC(=O)C(C)C)sc(C)c1-c1ccc(Br)cc1. The Bertz CT molecular complexity index is 750. The van der Waals surface area contributed by atoms with Crippen LogP contribution in [0.2, 0.25) is 0 Å². The number of hydrogen-bond acceptors (Lipinski definition) is 4. The molecule has 0 bridgehead atoms. The molecular weight excluding hydrogens is 390 g/mol. The van der Waals surface area contributed by atoms with E-state index >= 15 is 0 Å². The first-order valence-electron chi connectivity index (χ1n) is 7.72. The number of halogens is 1. The van der Waals surface area contributed by atoms with Crippen LogP contribution in [0.5, 0.6) is 0 Å². The summed E-state index contributed by atoms with van der Waals surface area (Å²) in [6, 6.07) is 7.73. The number of hydrogen-bond donors (Lipinski definition) is 1. The van der Waals surface area contributed by atoms with Crippen molar-refractivity contribution in [3.05, 3.63) is 39.2 Å². The molecule has 4 nitrogen and oxygen atoms in total. The van der Waals surface area contributed by atoms with E-state index in [0.29, 0.717) is 10.6 Å². The third-order valence-corrected chi connectivity index (χ3v) is 5.01. The van der Waals surface area contributed by atoms with Gasteiger partial charge in [0.25, 0.3) is 0 Å². The Kier molecular flexibility index (Phi) is 6.18. The Balaban J connectivity index is 2.57. The van der Waals surface area contributed by atoms with E-state index in [4.69, 9.17) is 4.74 Å². The van der Waals surface area contributed by atoms with E-state index in [1.165, 1.54) is 11.3 Å². The molecule has 0 aliphatic rings. The highest BCUT2D eigenvalue weighted by atomic mass is 79.9. The lowest BCUT2D eigenvalue weighted by atomic mass is 10.0. The summed E-state index contributed by atoms with van der Waals surface area (Å²) in [7, 11) is 0. The molecular formula is C18H20BrNO3S. The summed E-state index contributed by atoms with van der Waals surface area (Å²) in [6.45, 7) is 7.62. The van der Waals surface area contributed by atoms with Crippen LogP contribution in [0, 0.1) is 12.8 Å². The first-order chi connectivity index (χ1) is 11.3. The number of benzene rings is 1. The minimum Gasteiger partial charge on any atom is -0.462 e. The van der Waals surface area contributed by atoms with Crippen LogP contribution in [0.1, 0.15) is 36.0 Å². The topological polar surface area (TPSA) is 55.4 Å². The van der Waals surface area contributed by atoms with Gasteiger partial charge in [0.05, 0.1) is 6.61 Å². The molecule has 1 aromatic carbocycles. The fourth-order valence-electron chi connectivity index (χ4n) is 2.25. The molecule has 0 spiro atoms. The van der Waals surface area contributed by atoms with Gasteiger partial charge in [-0.25, -0.2) is 4.79 Å². The number of amides is 1. The molecule has 0 saturated carbocycles. The third kappa shape index (κ3) is 4.05. The molecule has 1 amide bonds. The van der Waals surface area contributed by atoms with Crippen LogP contribution >= 0.6 is 27.3 Å². The van der Waals surface area contributed by atoms with Gasteiger partial charge in [0.15, 0.2) is 0 Å². The van der Waals surface area contributed by atoms with E-state index in [0.717, 1.165) is 20.5 Å². The fourth-order valence-corrected chi connectivity index (χ4v) is 3.58. The summed E-state index contributed by atoms with van der Waals surface area (Å²) in [5, 5.41) is 3.41. The number of anilines is 1. The molecule has 0 saturated heterocycles. The lowest BCUT2D eigenvalue weighted by Crippen LogP contribution is -2.19. The van der Waals surface area contributed by atoms with Crippen LogP contribution in [0.15, 0.2) is 28.7 Å². The van der Waals surface area contributed by atoms with E-state index in [2.05, 4.69) is 21.2 Å². The van der Waals surface area contributed by atoms with Crippen molar-refractivity contribution in [2.24, 2.45) is 5.92 Å². The van der Waals surface area contributed by atoms with Gasteiger partial charge in [-0.3, -0.25) is 4.79 Å². The number of carbonyl (C=O) groups excluding carboxylic acids is 2. The second kappa shape index (κ2) is 7.94. The zero-order valence-corrected chi connectivity index (χ0v) is 16.5. The first kappa shape index (κ1) is 18.7. The molecule has 0 aliphatic heterocycles. The zero-order chi connectivity index (χ0) is 17.9. The van der Waals surface area contributed by atoms with Crippen LogP contribution < -0.4 is 5.32 Å². The quantitative estimate of drug-likeness (QED) is 0.685. The summed E-state index contributed by atoms with van der Waals surface area (Å²) >= 11 is 4.81. The molecule has 1 N–H and O–H groups in total. The smallest absolute Gasteiger partial charge is 0.341 e. The van der Waals surface area contributed by atoms with Gasteiger partial charge in [0.1, 0.15) is 10.6 Å². The Labute approximate surface area is 154 Å². The first-order valence-corrected chi connectivity index (χ1v) is 9.33. The summed E-state index contributed by atoms with van der Waals surface area (Å²) in [5.74, 6) is -0.707. The third-order valence-electron chi connectivity index (χ3n) is 3.46. The van der Waals surface area contributed by atoms with Gasteiger partial charge < -0.3 is 10.1 Å². The van der Waals surface area contributed by atoms with Crippen molar-refractivity contribution in [2.45, 2.75) is 27.7 Å². The number of rotatable bonds is 5. The molecule has 128 valence electrons. The zero-order valence-electron chi connectivity index (χ0n) is 14.1. The number of nitrogens with one attached hydrogen (secondary N) is 1. The van der Waals surface area contributed by atoms with Gasteiger partial charge >= 0.3 is 5.97 Å². The molecule has 0 atom stereocenters. The molecule has 0 unspecified atom stereocenters. The van der Waals surface area contributed by atoms with E-state index in [-0.39, 0.29) is 18.4 Å². The van der Waals surface area contributed by atoms with Crippen molar-refractivity contribution in [1.82, 2.24) is 0 Å².